The summed E-state index contributed by atoms with van der Waals surface area (Å²) in [6.07, 6.45) is 5.82. The molecule has 0 radical (unpaired) electrons. The smallest absolute Gasteiger partial charge is 0.400 e. The number of thiol groups is 1. The molecule has 1 aliphatic rings. The van der Waals surface area contributed by atoms with Crippen LogP contribution in [0.25, 0.3) is 11.8 Å². The first-order valence-electron chi connectivity index (χ1n) is 8.27. The summed E-state index contributed by atoms with van der Waals surface area (Å²) in [5, 5.41) is 0. The van der Waals surface area contributed by atoms with Crippen molar-refractivity contribution in [3.8, 4) is 5.69 Å². The number of benzene rings is 1. The Labute approximate surface area is 159 Å². The van der Waals surface area contributed by atoms with Gasteiger partial charge in [0.05, 0.1) is 11.2 Å². The number of aromatic nitrogens is 2. The van der Waals surface area contributed by atoms with E-state index in [0.717, 1.165) is 16.7 Å². The molecule has 0 saturated carbocycles. The Morgan fingerprint density at radius 2 is 1.80 bits per heavy atom. The first kappa shape index (κ1) is 18.5. The van der Waals surface area contributed by atoms with Crippen molar-refractivity contribution < 1.29 is 9.31 Å². The van der Waals surface area contributed by atoms with Crippen molar-refractivity contribution >= 4 is 38.0 Å². The van der Waals surface area contributed by atoms with Gasteiger partial charge in [0, 0.05) is 23.8 Å². The Morgan fingerprint density at radius 3 is 2.28 bits per heavy atom. The number of nitrogens with one attached hydrogen (secondary N) is 1. The van der Waals surface area contributed by atoms with Gasteiger partial charge in [-0.2, -0.15) is 12.6 Å². The Morgan fingerprint density at radius 1 is 1.20 bits per heavy atom. The number of rotatable bonds is 4. The third kappa shape index (κ3) is 3.65. The van der Waals surface area contributed by atoms with E-state index in [1.807, 2.05) is 29.1 Å². The van der Waals surface area contributed by atoms with Gasteiger partial charge in [0.25, 0.3) is 0 Å². The predicted molar refractivity (Wildman–Crippen MR) is 109 cm³/mol. The van der Waals surface area contributed by atoms with Crippen LogP contribution in [0.2, 0.25) is 0 Å². The molecule has 1 saturated heterocycles. The van der Waals surface area contributed by atoms with Crippen molar-refractivity contribution in [3.05, 3.63) is 52.5 Å². The van der Waals surface area contributed by atoms with E-state index in [0.29, 0.717) is 10.5 Å². The Bertz CT molecular complexity index is 821. The average molecular weight is 374 g/mol. The second-order valence-electron chi connectivity index (χ2n) is 7.19. The molecule has 3 rings (SSSR count). The van der Waals surface area contributed by atoms with Crippen LogP contribution in [-0.2, 0) is 9.31 Å². The second kappa shape index (κ2) is 6.80. The highest BCUT2D eigenvalue weighted by molar-refractivity contribution is 7.80. The molecule has 0 spiro atoms. The van der Waals surface area contributed by atoms with Crippen molar-refractivity contribution in [1.29, 1.82) is 0 Å². The van der Waals surface area contributed by atoms with Gasteiger partial charge in [-0.15, -0.1) is 0 Å². The number of H-pyrrole nitrogens is 1. The Balaban J connectivity index is 1.84. The quantitative estimate of drug-likeness (QED) is 0.471. The average Bonchev–Trinajstić information content (AvgIpc) is 3.06. The minimum atomic E-state index is -0.375. The van der Waals surface area contributed by atoms with Crippen molar-refractivity contribution in [2.45, 2.75) is 38.9 Å². The third-order valence-electron chi connectivity index (χ3n) is 4.91. The molecule has 25 heavy (non-hydrogen) atoms. The summed E-state index contributed by atoms with van der Waals surface area (Å²) in [5.74, 6) is 0.571. The van der Waals surface area contributed by atoms with Crippen LogP contribution in [0.15, 0.2) is 42.1 Å². The fourth-order valence-corrected chi connectivity index (χ4v) is 3.13. The molecular weight excluding hydrogens is 351 g/mol. The molecule has 7 heteroatoms. The summed E-state index contributed by atoms with van der Waals surface area (Å²) in [7, 11) is -0.375. The molecule has 0 unspecified atom stereocenters. The van der Waals surface area contributed by atoms with Crippen molar-refractivity contribution in [3.63, 3.8) is 0 Å². The van der Waals surface area contributed by atoms with E-state index in [9.17, 15) is 0 Å². The molecule has 1 aromatic carbocycles. The predicted octanol–water partition coefficient (Wildman–Crippen LogP) is 4.48. The zero-order chi connectivity index (χ0) is 18.2. The van der Waals surface area contributed by atoms with E-state index in [4.69, 9.17) is 21.5 Å². The molecule has 1 aromatic heterocycles. The van der Waals surface area contributed by atoms with Gasteiger partial charge in [0.15, 0.2) is 4.77 Å². The van der Waals surface area contributed by atoms with Gasteiger partial charge in [-0.25, -0.2) is 0 Å². The lowest BCUT2D eigenvalue weighted by molar-refractivity contribution is 0.00578. The van der Waals surface area contributed by atoms with Crippen LogP contribution in [0, 0.1) is 4.77 Å². The molecule has 0 aliphatic carbocycles. The highest BCUT2D eigenvalue weighted by Crippen LogP contribution is 2.39. The summed E-state index contributed by atoms with van der Waals surface area (Å²) in [6.45, 7) is 8.22. The summed E-state index contributed by atoms with van der Waals surface area (Å²) < 4.78 is 14.9. The molecule has 1 fully saturated rings. The van der Waals surface area contributed by atoms with Crippen LogP contribution >= 0.6 is 24.8 Å². The van der Waals surface area contributed by atoms with E-state index in [1.165, 1.54) is 0 Å². The normalized spacial score (nSPS) is 19.4. The van der Waals surface area contributed by atoms with Crippen LogP contribution in [0.1, 0.15) is 33.3 Å². The SMILES string of the molecule is CC1(C)OB(C(=Cc2ccc(-n3cc[nH]c3=S)cc2)CS)OC1(C)C. The van der Waals surface area contributed by atoms with Gasteiger partial charge < -0.3 is 14.3 Å². The van der Waals surface area contributed by atoms with Gasteiger partial charge in [-0.3, -0.25) is 4.57 Å². The van der Waals surface area contributed by atoms with Gasteiger partial charge in [0.2, 0.25) is 0 Å². The number of hydrogen-bond acceptors (Lipinski definition) is 4. The van der Waals surface area contributed by atoms with E-state index < -0.39 is 0 Å². The monoisotopic (exact) mass is 374 g/mol. The van der Waals surface area contributed by atoms with Crippen molar-refractivity contribution in [2.75, 3.05) is 5.75 Å². The van der Waals surface area contributed by atoms with Crippen molar-refractivity contribution in [2.24, 2.45) is 0 Å². The molecule has 0 amide bonds. The van der Waals surface area contributed by atoms with Crippen LogP contribution < -0.4 is 0 Å². The minimum absolute atomic E-state index is 0.353. The van der Waals surface area contributed by atoms with Crippen molar-refractivity contribution in [1.82, 2.24) is 9.55 Å². The van der Waals surface area contributed by atoms with E-state index in [2.05, 4.69) is 63.5 Å². The van der Waals surface area contributed by atoms with Gasteiger partial charge in [-0.1, -0.05) is 18.2 Å². The molecule has 0 atom stereocenters. The molecule has 132 valence electrons. The van der Waals surface area contributed by atoms with Crippen LogP contribution in [0.4, 0.5) is 0 Å². The number of aromatic amines is 1. The standard InChI is InChI=1S/C18H23BN2O2S2/c1-17(2)18(3,4)23-19(22-17)14(12-24)11-13-5-7-15(8-6-13)21-10-9-20-16(21)25/h5-11,24H,12H2,1-4H3,(H,20,25). The summed E-state index contributed by atoms with van der Waals surface area (Å²) in [6, 6.07) is 8.18. The maximum atomic E-state index is 6.13. The first-order chi connectivity index (χ1) is 11.7. The molecule has 2 heterocycles. The lowest BCUT2D eigenvalue weighted by atomic mass is 9.78. The summed E-state index contributed by atoms with van der Waals surface area (Å²) in [5.41, 5.74) is 2.40. The maximum absolute atomic E-state index is 6.13. The second-order valence-corrected chi connectivity index (χ2v) is 7.90. The number of nitrogens with zero attached hydrogens (tertiary/aromatic N) is 1. The zero-order valence-corrected chi connectivity index (χ0v) is 16.7. The third-order valence-corrected chi connectivity index (χ3v) is 5.59. The highest BCUT2D eigenvalue weighted by Gasteiger charge is 2.52. The fraction of sp³-hybridized carbons (Fsp3) is 0.389. The van der Waals surface area contributed by atoms with E-state index in [1.54, 1.807) is 0 Å². The zero-order valence-electron chi connectivity index (χ0n) is 14.9. The largest absolute Gasteiger partial charge is 0.491 e. The van der Waals surface area contributed by atoms with Crippen LogP contribution in [0.5, 0.6) is 0 Å². The fourth-order valence-electron chi connectivity index (χ4n) is 2.65. The molecule has 2 aromatic rings. The Kier molecular flexibility index (Phi) is 5.03. The van der Waals surface area contributed by atoms with Gasteiger partial charge in [0.1, 0.15) is 0 Å². The van der Waals surface area contributed by atoms with E-state index >= 15 is 0 Å². The number of hydrogen-bond donors (Lipinski definition) is 2. The minimum Gasteiger partial charge on any atom is -0.400 e. The van der Waals surface area contributed by atoms with Crippen LogP contribution in [0.3, 0.4) is 0 Å². The molecule has 1 N–H and O–H groups in total. The molecular formula is C18H23BN2O2S2. The topological polar surface area (TPSA) is 39.2 Å². The van der Waals surface area contributed by atoms with Gasteiger partial charge >= 0.3 is 7.12 Å². The van der Waals surface area contributed by atoms with Gasteiger partial charge in [-0.05, 0) is 63.1 Å². The molecule has 4 nitrogen and oxygen atoms in total. The maximum Gasteiger partial charge on any atom is 0.491 e. The number of imidazole rings is 1. The lowest BCUT2D eigenvalue weighted by Gasteiger charge is -2.32. The molecule has 0 bridgehead atoms. The van der Waals surface area contributed by atoms with Crippen LogP contribution in [-0.4, -0.2) is 33.6 Å². The molecule has 1 aliphatic heterocycles. The Hall–Kier alpha value is -1.28. The lowest BCUT2D eigenvalue weighted by Crippen LogP contribution is -2.41. The summed E-state index contributed by atoms with van der Waals surface area (Å²) in [4.78, 5) is 3.00. The van der Waals surface area contributed by atoms with E-state index in [-0.39, 0.29) is 18.3 Å². The summed E-state index contributed by atoms with van der Waals surface area (Å²) >= 11 is 9.72. The highest BCUT2D eigenvalue weighted by atomic mass is 32.1. The first-order valence-corrected chi connectivity index (χ1v) is 9.31.